The summed E-state index contributed by atoms with van der Waals surface area (Å²) in [5, 5.41) is 2.01. The predicted octanol–water partition coefficient (Wildman–Crippen LogP) is 6.31. The monoisotopic (exact) mass is 379 g/mol. The number of thioether (sulfide) groups is 1. The average molecular weight is 380 g/mol. The van der Waals surface area contributed by atoms with Gasteiger partial charge in [0.25, 0.3) is 0 Å². The topological polar surface area (TPSA) is 12.0 Å². The van der Waals surface area contributed by atoms with Crippen LogP contribution in [0.5, 0.6) is 0 Å². The van der Waals surface area contributed by atoms with Gasteiger partial charge in [-0.3, -0.25) is 0 Å². The molecular formula is C22H41NSSi. The zero-order chi connectivity index (χ0) is 18.0. The Kier molecular flexibility index (Phi) is 4.94. The summed E-state index contributed by atoms with van der Waals surface area (Å²) in [5.74, 6) is 5.22. The Morgan fingerprint density at radius 1 is 0.920 bits per heavy atom. The quantitative estimate of drug-likeness (QED) is 0.564. The maximum absolute atomic E-state index is 4.20. The van der Waals surface area contributed by atoms with Crippen molar-refractivity contribution in [3.8, 4) is 0 Å². The van der Waals surface area contributed by atoms with Crippen LogP contribution in [0.4, 0.5) is 0 Å². The first-order valence-electron chi connectivity index (χ1n) is 11.1. The predicted molar refractivity (Wildman–Crippen MR) is 115 cm³/mol. The highest BCUT2D eigenvalue weighted by molar-refractivity contribution is 8.01. The molecule has 1 nitrogen and oxygen atoms in total. The summed E-state index contributed by atoms with van der Waals surface area (Å²) in [4.78, 5) is 4.20. The fraction of sp³-hybridized carbons (Fsp3) is 1.00. The van der Waals surface area contributed by atoms with E-state index < -0.39 is 8.24 Å². The van der Waals surface area contributed by atoms with Gasteiger partial charge in [-0.1, -0.05) is 39.3 Å². The van der Waals surface area contributed by atoms with E-state index in [4.69, 9.17) is 0 Å². The highest BCUT2D eigenvalue weighted by Crippen LogP contribution is 2.68. The van der Waals surface area contributed by atoms with Crippen molar-refractivity contribution in [2.45, 2.75) is 107 Å². The number of fused-ring (bicyclic) bond motifs is 5. The molecule has 25 heavy (non-hydrogen) atoms. The minimum atomic E-state index is -1.46. The Morgan fingerprint density at radius 2 is 1.64 bits per heavy atom. The van der Waals surface area contributed by atoms with Crippen molar-refractivity contribution in [3.63, 3.8) is 0 Å². The Hall–Kier alpha value is 0.527. The van der Waals surface area contributed by atoms with Crippen LogP contribution in [0.25, 0.3) is 0 Å². The van der Waals surface area contributed by atoms with E-state index in [1.165, 1.54) is 32.1 Å². The van der Waals surface area contributed by atoms with E-state index in [2.05, 4.69) is 57.5 Å². The maximum atomic E-state index is 4.20. The van der Waals surface area contributed by atoms with Crippen LogP contribution < -0.4 is 4.98 Å². The first kappa shape index (κ1) is 18.9. The van der Waals surface area contributed by atoms with E-state index in [-0.39, 0.29) is 5.54 Å². The SMILES string of the molecule is CC1CCC2C(C1)C([Si](C)(C)NC(C)(C)C)C1SC3CCCCC3C21. The molecule has 0 amide bonds. The van der Waals surface area contributed by atoms with Crippen molar-refractivity contribution in [2.75, 3.05) is 0 Å². The lowest BCUT2D eigenvalue weighted by atomic mass is 9.68. The zero-order valence-corrected chi connectivity index (χ0v) is 19.3. The largest absolute Gasteiger partial charge is 0.332 e. The molecule has 3 aliphatic carbocycles. The summed E-state index contributed by atoms with van der Waals surface area (Å²) in [7, 11) is -1.46. The maximum Gasteiger partial charge on any atom is 0.124 e. The van der Waals surface area contributed by atoms with Crippen LogP contribution in [0, 0.1) is 29.6 Å². The molecule has 3 heteroatoms. The van der Waals surface area contributed by atoms with Gasteiger partial charge in [-0.25, -0.2) is 0 Å². The lowest BCUT2D eigenvalue weighted by molar-refractivity contribution is 0.140. The van der Waals surface area contributed by atoms with Crippen LogP contribution in [-0.4, -0.2) is 24.3 Å². The molecule has 4 aliphatic rings. The highest BCUT2D eigenvalue weighted by Gasteiger charge is 2.63. The number of nitrogens with one attached hydrogen (secondary N) is 1. The van der Waals surface area contributed by atoms with Crippen molar-refractivity contribution < 1.29 is 0 Å². The molecule has 1 heterocycles. The highest BCUT2D eigenvalue weighted by atomic mass is 32.2. The van der Waals surface area contributed by atoms with Crippen LogP contribution >= 0.6 is 11.8 Å². The summed E-state index contributed by atoms with van der Waals surface area (Å²) in [6.07, 6.45) is 10.7. The van der Waals surface area contributed by atoms with E-state index >= 15 is 0 Å². The van der Waals surface area contributed by atoms with Crippen molar-refractivity contribution in [1.82, 2.24) is 4.98 Å². The molecule has 3 saturated carbocycles. The van der Waals surface area contributed by atoms with Crippen LogP contribution in [0.3, 0.4) is 0 Å². The molecule has 8 atom stereocenters. The van der Waals surface area contributed by atoms with Gasteiger partial charge in [0, 0.05) is 16.0 Å². The van der Waals surface area contributed by atoms with Crippen molar-refractivity contribution >= 4 is 20.0 Å². The van der Waals surface area contributed by atoms with Crippen molar-refractivity contribution in [3.05, 3.63) is 0 Å². The second kappa shape index (κ2) is 6.55. The minimum absolute atomic E-state index is 0.264. The Bertz CT molecular complexity index is 499. The molecule has 1 saturated heterocycles. The minimum Gasteiger partial charge on any atom is -0.332 e. The normalized spacial score (nSPS) is 47.3. The van der Waals surface area contributed by atoms with Gasteiger partial charge in [-0.2, -0.15) is 11.8 Å². The molecule has 1 aliphatic heterocycles. The lowest BCUT2D eigenvalue weighted by Gasteiger charge is -2.45. The number of hydrogen-bond donors (Lipinski definition) is 1. The van der Waals surface area contributed by atoms with Gasteiger partial charge in [0.15, 0.2) is 0 Å². The molecule has 0 bridgehead atoms. The third kappa shape index (κ3) is 3.40. The Labute approximate surface area is 162 Å². The Balaban J connectivity index is 1.66. The van der Waals surface area contributed by atoms with E-state index in [1.807, 2.05) is 0 Å². The van der Waals surface area contributed by atoms with Crippen molar-refractivity contribution in [2.24, 2.45) is 29.6 Å². The molecule has 4 rings (SSSR count). The molecule has 1 N–H and O–H groups in total. The zero-order valence-electron chi connectivity index (χ0n) is 17.5. The molecule has 0 aromatic rings. The van der Waals surface area contributed by atoms with Gasteiger partial charge >= 0.3 is 0 Å². The third-order valence-corrected chi connectivity index (χ3v) is 14.0. The van der Waals surface area contributed by atoms with Crippen LogP contribution in [0.2, 0.25) is 18.6 Å². The van der Waals surface area contributed by atoms with E-state index in [1.54, 1.807) is 12.8 Å². The molecular weight excluding hydrogens is 338 g/mol. The van der Waals surface area contributed by atoms with Gasteiger partial charge in [0.05, 0.1) is 0 Å². The van der Waals surface area contributed by atoms with Gasteiger partial charge in [-0.05, 0) is 81.6 Å². The molecule has 0 aromatic heterocycles. The van der Waals surface area contributed by atoms with E-state index in [9.17, 15) is 0 Å². The number of hydrogen-bond acceptors (Lipinski definition) is 2. The molecule has 0 spiro atoms. The molecule has 0 radical (unpaired) electrons. The summed E-state index contributed by atoms with van der Waals surface area (Å²) in [5.41, 5.74) is 1.26. The fourth-order valence-electron chi connectivity index (χ4n) is 7.73. The Morgan fingerprint density at radius 3 is 2.36 bits per heavy atom. The van der Waals surface area contributed by atoms with E-state index in [0.29, 0.717) is 0 Å². The van der Waals surface area contributed by atoms with Gasteiger partial charge in [0.2, 0.25) is 0 Å². The second-order valence-electron chi connectivity index (χ2n) is 11.5. The van der Waals surface area contributed by atoms with Crippen LogP contribution in [0.1, 0.15) is 72.6 Å². The summed E-state index contributed by atoms with van der Waals surface area (Å²) in [6, 6.07) is 0. The van der Waals surface area contributed by atoms with Gasteiger partial charge < -0.3 is 4.98 Å². The third-order valence-electron chi connectivity index (χ3n) is 8.02. The van der Waals surface area contributed by atoms with Crippen LogP contribution in [0.15, 0.2) is 0 Å². The molecule has 4 fully saturated rings. The van der Waals surface area contributed by atoms with Crippen molar-refractivity contribution in [1.29, 1.82) is 0 Å². The lowest BCUT2D eigenvalue weighted by Crippen LogP contribution is -2.59. The first-order chi connectivity index (χ1) is 11.7. The average Bonchev–Trinajstić information content (AvgIpc) is 2.97. The molecule has 144 valence electrons. The summed E-state index contributed by atoms with van der Waals surface area (Å²) >= 11 is 2.49. The summed E-state index contributed by atoms with van der Waals surface area (Å²) < 4.78 is 0. The van der Waals surface area contributed by atoms with E-state index in [0.717, 1.165) is 45.6 Å². The van der Waals surface area contributed by atoms with Gasteiger partial charge in [-0.15, -0.1) is 0 Å². The van der Waals surface area contributed by atoms with Crippen LogP contribution in [-0.2, 0) is 0 Å². The first-order valence-corrected chi connectivity index (χ1v) is 15.1. The smallest absolute Gasteiger partial charge is 0.124 e. The fourth-order valence-corrected chi connectivity index (χ4v) is 15.8. The standard InChI is InChI=1S/C22H41NSSi/c1-14-11-12-15-17(13-14)21(25(5,6)23-22(2,3)4)20-19(15)16-9-7-8-10-18(16)24-20/h14-21,23H,7-13H2,1-6H3. The summed E-state index contributed by atoms with van der Waals surface area (Å²) in [6.45, 7) is 15.0. The molecule has 0 aromatic carbocycles. The second-order valence-corrected chi connectivity index (χ2v) is 17.3. The molecule has 8 unspecified atom stereocenters. The number of rotatable bonds is 2. The van der Waals surface area contributed by atoms with Gasteiger partial charge in [0.1, 0.15) is 8.24 Å².